The van der Waals surface area contributed by atoms with Crippen LogP contribution < -0.4 is 14.8 Å². The van der Waals surface area contributed by atoms with Crippen LogP contribution in [0.4, 0.5) is 0 Å². The normalized spacial score (nSPS) is 11.4. The van der Waals surface area contributed by atoms with Crippen molar-refractivity contribution in [2.24, 2.45) is 0 Å². The lowest BCUT2D eigenvalue weighted by atomic mass is 10.1. The summed E-state index contributed by atoms with van der Waals surface area (Å²) in [5.41, 5.74) is 0.922. The average Bonchev–Trinajstić information content (AvgIpc) is 2.77. The van der Waals surface area contributed by atoms with Crippen molar-refractivity contribution in [2.75, 3.05) is 20.3 Å². The highest BCUT2D eigenvalue weighted by Gasteiger charge is 2.28. The van der Waals surface area contributed by atoms with Crippen molar-refractivity contribution in [3.8, 4) is 11.5 Å². The summed E-state index contributed by atoms with van der Waals surface area (Å²) >= 11 is 0. The number of methoxy groups -OCH3 is 1. The van der Waals surface area contributed by atoms with Gasteiger partial charge in [0.1, 0.15) is 17.5 Å². The van der Waals surface area contributed by atoms with Gasteiger partial charge in [0, 0.05) is 19.5 Å². The van der Waals surface area contributed by atoms with Crippen LogP contribution in [0.15, 0.2) is 54.6 Å². The predicted octanol–water partition coefficient (Wildman–Crippen LogP) is 3.80. The monoisotopic (exact) mass is 412 g/mol. The zero-order valence-corrected chi connectivity index (χ0v) is 18.1. The molecule has 6 heteroatoms. The Balaban J connectivity index is 2.06. The highest BCUT2D eigenvalue weighted by Crippen LogP contribution is 2.18. The Morgan fingerprint density at radius 1 is 1.03 bits per heavy atom. The third kappa shape index (κ3) is 7.10. The molecule has 0 bridgehead atoms. The van der Waals surface area contributed by atoms with Crippen LogP contribution >= 0.6 is 0 Å². The molecule has 0 aromatic heterocycles. The summed E-state index contributed by atoms with van der Waals surface area (Å²) in [6, 6.07) is 16.6. The van der Waals surface area contributed by atoms with E-state index in [1.54, 1.807) is 12.0 Å². The van der Waals surface area contributed by atoms with Crippen molar-refractivity contribution >= 4 is 11.8 Å². The molecule has 0 aliphatic heterocycles. The van der Waals surface area contributed by atoms with E-state index >= 15 is 0 Å². The maximum Gasteiger partial charge on any atom is 0.242 e. The number of nitrogens with one attached hydrogen (secondary N) is 1. The molecule has 0 radical (unpaired) electrons. The number of hydrogen-bond acceptors (Lipinski definition) is 4. The molecule has 2 amide bonds. The van der Waals surface area contributed by atoms with Gasteiger partial charge in [-0.3, -0.25) is 9.59 Å². The summed E-state index contributed by atoms with van der Waals surface area (Å²) < 4.78 is 11.0. The van der Waals surface area contributed by atoms with Crippen LogP contribution in [0, 0.1) is 0 Å². The molecule has 0 saturated carbocycles. The summed E-state index contributed by atoms with van der Waals surface area (Å²) in [6.07, 6.45) is 1.43. The van der Waals surface area contributed by atoms with E-state index in [1.807, 2.05) is 68.4 Å². The highest BCUT2D eigenvalue weighted by molar-refractivity contribution is 5.87. The number of para-hydroxylation sites is 1. The van der Waals surface area contributed by atoms with E-state index in [0.29, 0.717) is 39.0 Å². The number of carbonyl (C=O) groups excluding carboxylic acids is 2. The van der Waals surface area contributed by atoms with Crippen molar-refractivity contribution < 1.29 is 19.1 Å². The van der Waals surface area contributed by atoms with E-state index in [-0.39, 0.29) is 11.8 Å². The van der Waals surface area contributed by atoms with Crippen molar-refractivity contribution in [2.45, 2.75) is 45.7 Å². The number of likely N-dealkylation sites (N-methyl/N-ethyl adjacent to an activating group) is 1. The molecule has 162 valence electrons. The van der Waals surface area contributed by atoms with Gasteiger partial charge in [0.2, 0.25) is 11.8 Å². The summed E-state index contributed by atoms with van der Waals surface area (Å²) in [4.78, 5) is 27.3. The second-order valence-corrected chi connectivity index (χ2v) is 6.96. The van der Waals surface area contributed by atoms with Crippen molar-refractivity contribution in [1.29, 1.82) is 0 Å². The molecule has 30 heavy (non-hydrogen) atoms. The van der Waals surface area contributed by atoms with E-state index in [4.69, 9.17) is 9.47 Å². The Hall–Kier alpha value is -3.02. The van der Waals surface area contributed by atoms with Gasteiger partial charge in [-0.1, -0.05) is 37.3 Å². The van der Waals surface area contributed by atoms with Gasteiger partial charge in [-0.05, 0) is 49.6 Å². The number of amides is 2. The number of carbonyl (C=O) groups is 2. The second kappa shape index (κ2) is 12.5. The van der Waals surface area contributed by atoms with Gasteiger partial charge in [-0.2, -0.15) is 0 Å². The third-order valence-corrected chi connectivity index (χ3v) is 4.77. The van der Waals surface area contributed by atoms with Crippen LogP contribution in [0.1, 0.15) is 38.7 Å². The van der Waals surface area contributed by atoms with E-state index < -0.39 is 6.04 Å². The maximum absolute atomic E-state index is 13.1. The number of hydrogen-bond donors (Lipinski definition) is 1. The largest absolute Gasteiger partial charge is 0.497 e. The molecule has 0 spiro atoms. The second-order valence-electron chi connectivity index (χ2n) is 6.96. The van der Waals surface area contributed by atoms with Gasteiger partial charge in [-0.25, -0.2) is 0 Å². The topological polar surface area (TPSA) is 67.9 Å². The van der Waals surface area contributed by atoms with Crippen LogP contribution in [0.3, 0.4) is 0 Å². The smallest absolute Gasteiger partial charge is 0.242 e. The van der Waals surface area contributed by atoms with Gasteiger partial charge in [0.15, 0.2) is 0 Å². The highest BCUT2D eigenvalue weighted by atomic mass is 16.5. The lowest BCUT2D eigenvalue weighted by Gasteiger charge is -2.30. The number of nitrogens with zero attached hydrogens (tertiary/aromatic N) is 1. The van der Waals surface area contributed by atoms with Crippen LogP contribution in [0.25, 0.3) is 0 Å². The average molecular weight is 413 g/mol. The first-order valence-electron chi connectivity index (χ1n) is 10.5. The zero-order chi connectivity index (χ0) is 21.8. The molecular formula is C24H32N2O4. The van der Waals surface area contributed by atoms with Crippen LogP contribution in [-0.4, -0.2) is 43.0 Å². The molecule has 2 aromatic rings. The van der Waals surface area contributed by atoms with Crippen LogP contribution in [0.5, 0.6) is 11.5 Å². The lowest BCUT2D eigenvalue weighted by molar-refractivity contribution is -0.141. The van der Waals surface area contributed by atoms with Gasteiger partial charge < -0.3 is 19.7 Å². The fourth-order valence-corrected chi connectivity index (χ4v) is 3.25. The molecule has 0 heterocycles. The first kappa shape index (κ1) is 23.3. The van der Waals surface area contributed by atoms with E-state index in [2.05, 4.69) is 5.32 Å². The van der Waals surface area contributed by atoms with Gasteiger partial charge >= 0.3 is 0 Å². The Morgan fingerprint density at radius 2 is 1.77 bits per heavy atom. The van der Waals surface area contributed by atoms with Gasteiger partial charge in [-0.15, -0.1) is 0 Å². The quantitative estimate of drug-likeness (QED) is 0.539. The van der Waals surface area contributed by atoms with Crippen molar-refractivity contribution in [3.05, 3.63) is 60.2 Å². The molecule has 2 rings (SSSR count). The summed E-state index contributed by atoms with van der Waals surface area (Å²) in [5.74, 6) is 1.32. The standard InChI is InChI=1S/C24H32N2O4/c1-4-22(24(28)25-5-2)26(18-19-11-9-14-21(17-19)29-3)23(27)15-10-16-30-20-12-7-6-8-13-20/h6-9,11-14,17,22H,4-5,10,15-16,18H2,1-3H3,(H,25,28)/t22-/m1/s1. The SMILES string of the molecule is CCNC(=O)[C@@H](CC)N(Cc1cccc(OC)c1)C(=O)CCCOc1ccccc1. The van der Waals surface area contributed by atoms with E-state index in [9.17, 15) is 9.59 Å². The van der Waals surface area contributed by atoms with Crippen molar-refractivity contribution in [1.82, 2.24) is 10.2 Å². The molecule has 0 aliphatic rings. The maximum atomic E-state index is 13.1. The molecule has 0 aliphatic carbocycles. The number of rotatable bonds is 12. The molecule has 1 atom stereocenters. The number of ether oxygens (including phenoxy) is 2. The Bertz CT molecular complexity index is 795. The van der Waals surface area contributed by atoms with Crippen LogP contribution in [-0.2, 0) is 16.1 Å². The third-order valence-electron chi connectivity index (χ3n) is 4.77. The fraction of sp³-hybridized carbons (Fsp3) is 0.417. The van der Waals surface area contributed by atoms with Crippen LogP contribution in [0.2, 0.25) is 0 Å². The Labute approximate surface area is 179 Å². The first-order valence-corrected chi connectivity index (χ1v) is 10.5. The first-order chi connectivity index (χ1) is 14.6. The molecule has 0 fully saturated rings. The summed E-state index contributed by atoms with van der Waals surface area (Å²) in [5, 5.41) is 2.85. The Kier molecular flexibility index (Phi) is 9.71. The minimum absolute atomic E-state index is 0.0624. The lowest BCUT2D eigenvalue weighted by Crippen LogP contribution is -2.49. The summed E-state index contributed by atoms with van der Waals surface area (Å²) in [7, 11) is 1.61. The molecule has 1 N–H and O–H groups in total. The number of benzene rings is 2. The molecule has 2 aromatic carbocycles. The fourth-order valence-electron chi connectivity index (χ4n) is 3.25. The zero-order valence-electron chi connectivity index (χ0n) is 18.1. The minimum atomic E-state index is -0.515. The predicted molar refractivity (Wildman–Crippen MR) is 117 cm³/mol. The molecule has 6 nitrogen and oxygen atoms in total. The summed E-state index contributed by atoms with van der Waals surface area (Å²) in [6.45, 7) is 5.12. The molecule has 0 saturated heterocycles. The van der Waals surface area contributed by atoms with Crippen molar-refractivity contribution in [3.63, 3.8) is 0 Å². The molecular weight excluding hydrogens is 380 g/mol. The van der Waals surface area contributed by atoms with E-state index in [0.717, 1.165) is 17.1 Å². The van der Waals surface area contributed by atoms with Gasteiger partial charge in [0.05, 0.1) is 13.7 Å². The Morgan fingerprint density at radius 3 is 2.43 bits per heavy atom. The van der Waals surface area contributed by atoms with Gasteiger partial charge in [0.25, 0.3) is 0 Å². The van der Waals surface area contributed by atoms with E-state index in [1.165, 1.54) is 0 Å². The minimum Gasteiger partial charge on any atom is -0.497 e. The molecule has 0 unspecified atom stereocenters.